The van der Waals surface area contributed by atoms with E-state index < -0.39 is 0 Å². The number of pyridine rings is 1. The van der Waals surface area contributed by atoms with Crippen LogP contribution in [0.4, 0.5) is 0 Å². The average Bonchev–Trinajstić information content (AvgIpc) is 2.46. The first kappa shape index (κ1) is 12.2. The second-order valence-electron chi connectivity index (χ2n) is 4.45. The molecule has 0 aliphatic rings. The third kappa shape index (κ3) is 2.33. The molecule has 2 nitrogen and oxygen atoms in total. The molecule has 19 heavy (non-hydrogen) atoms. The number of rotatable bonds is 2. The lowest BCUT2D eigenvalue weighted by Gasteiger charge is -2.14. The SMILES string of the molecule is NC(c1cccc(Cl)c1)c1nccc2ccccc12. The smallest absolute Gasteiger partial charge is 0.0733 e. The molecule has 2 aromatic carbocycles. The summed E-state index contributed by atoms with van der Waals surface area (Å²) in [4.78, 5) is 4.44. The quantitative estimate of drug-likeness (QED) is 0.765. The van der Waals surface area contributed by atoms with Crippen LogP contribution in [0.1, 0.15) is 17.3 Å². The summed E-state index contributed by atoms with van der Waals surface area (Å²) < 4.78 is 0. The minimum atomic E-state index is -0.273. The van der Waals surface area contributed by atoms with Gasteiger partial charge in [-0.2, -0.15) is 0 Å². The van der Waals surface area contributed by atoms with Gasteiger partial charge in [-0.25, -0.2) is 0 Å². The zero-order valence-corrected chi connectivity index (χ0v) is 11.0. The van der Waals surface area contributed by atoms with Crippen LogP contribution in [-0.4, -0.2) is 4.98 Å². The highest BCUT2D eigenvalue weighted by Crippen LogP contribution is 2.26. The van der Waals surface area contributed by atoms with Crippen molar-refractivity contribution in [1.82, 2.24) is 4.98 Å². The molecule has 0 fully saturated rings. The predicted octanol–water partition coefficient (Wildman–Crippen LogP) is 3.94. The molecule has 0 aliphatic heterocycles. The zero-order chi connectivity index (χ0) is 13.2. The van der Waals surface area contributed by atoms with Gasteiger partial charge in [0.2, 0.25) is 0 Å². The van der Waals surface area contributed by atoms with Crippen molar-refractivity contribution in [2.24, 2.45) is 5.73 Å². The number of fused-ring (bicyclic) bond motifs is 1. The molecule has 1 unspecified atom stereocenters. The van der Waals surface area contributed by atoms with Crippen molar-refractivity contribution in [3.05, 3.63) is 77.1 Å². The lowest BCUT2D eigenvalue weighted by molar-refractivity contribution is 0.840. The Morgan fingerprint density at radius 2 is 1.84 bits per heavy atom. The Kier molecular flexibility index (Phi) is 3.20. The normalized spacial score (nSPS) is 12.5. The lowest BCUT2D eigenvalue weighted by atomic mass is 9.99. The van der Waals surface area contributed by atoms with Crippen molar-refractivity contribution < 1.29 is 0 Å². The van der Waals surface area contributed by atoms with Crippen molar-refractivity contribution in [2.45, 2.75) is 6.04 Å². The number of nitrogens with zero attached hydrogens (tertiary/aromatic N) is 1. The van der Waals surface area contributed by atoms with Crippen LogP contribution < -0.4 is 5.73 Å². The Bertz CT molecular complexity index is 719. The molecule has 0 amide bonds. The van der Waals surface area contributed by atoms with Gasteiger partial charge in [0, 0.05) is 16.6 Å². The molecule has 1 heterocycles. The Hall–Kier alpha value is -1.90. The standard InChI is InChI=1S/C16H13ClN2/c17-13-6-3-5-12(10-13)15(18)16-14-7-2-1-4-11(14)8-9-19-16/h1-10,15H,18H2. The van der Waals surface area contributed by atoms with Gasteiger partial charge in [0.15, 0.2) is 0 Å². The van der Waals surface area contributed by atoms with Crippen molar-refractivity contribution in [3.63, 3.8) is 0 Å². The molecular weight excluding hydrogens is 256 g/mol. The molecule has 0 saturated heterocycles. The van der Waals surface area contributed by atoms with E-state index in [0.717, 1.165) is 22.0 Å². The molecule has 0 spiro atoms. The van der Waals surface area contributed by atoms with E-state index in [-0.39, 0.29) is 6.04 Å². The van der Waals surface area contributed by atoms with Crippen molar-refractivity contribution >= 4 is 22.4 Å². The van der Waals surface area contributed by atoms with Crippen LogP contribution in [-0.2, 0) is 0 Å². The van der Waals surface area contributed by atoms with E-state index in [2.05, 4.69) is 11.1 Å². The average molecular weight is 269 g/mol. The van der Waals surface area contributed by atoms with Gasteiger partial charge in [0.25, 0.3) is 0 Å². The molecule has 1 atom stereocenters. The lowest BCUT2D eigenvalue weighted by Crippen LogP contribution is -2.13. The second-order valence-corrected chi connectivity index (χ2v) is 4.89. The van der Waals surface area contributed by atoms with Crippen LogP contribution in [0.3, 0.4) is 0 Å². The number of nitrogens with two attached hydrogens (primary N) is 1. The highest BCUT2D eigenvalue weighted by molar-refractivity contribution is 6.30. The predicted molar refractivity (Wildman–Crippen MR) is 79.2 cm³/mol. The Morgan fingerprint density at radius 1 is 1.00 bits per heavy atom. The van der Waals surface area contributed by atoms with E-state index >= 15 is 0 Å². The fraction of sp³-hybridized carbons (Fsp3) is 0.0625. The van der Waals surface area contributed by atoms with Gasteiger partial charge in [-0.15, -0.1) is 0 Å². The van der Waals surface area contributed by atoms with Crippen LogP contribution in [0.5, 0.6) is 0 Å². The van der Waals surface area contributed by atoms with Gasteiger partial charge in [-0.1, -0.05) is 48.0 Å². The maximum atomic E-state index is 6.33. The van der Waals surface area contributed by atoms with Crippen molar-refractivity contribution in [1.29, 1.82) is 0 Å². The van der Waals surface area contributed by atoms with Crippen LogP contribution in [0.15, 0.2) is 60.8 Å². The van der Waals surface area contributed by atoms with Crippen molar-refractivity contribution in [3.8, 4) is 0 Å². The van der Waals surface area contributed by atoms with Crippen LogP contribution >= 0.6 is 11.6 Å². The van der Waals surface area contributed by atoms with E-state index in [1.165, 1.54) is 0 Å². The van der Waals surface area contributed by atoms with Crippen molar-refractivity contribution in [2.75, 3.05) is 0 Å². The first-order valence-corrected chi connectivity index (χ1v) is 6.48. The molecule has 3 rings (SSSR count). The highest BCUT2D eigenvalue weighted by atomic mass is 35.5. The largest absolute Gasteiger partial charge is 0.319 e. The maximum absolute atomic E-state index is 6.33. The fourth-order valence-corrected chi connectivity index (χ4v) is 2.45. The molecule has 3 heteroatoms. The monoisotopic (exact) mass is 268 g/mol. The van der Waals surface area contributed by atoms with Crippen LogP contribution in [0.25, 0.3) is 10.8 Å². The molecule has 0 bridgehead atoms. The number of hydrogen-bond donors (Lipinski definition) is 1. The molecule has 94 valence electrons. The minimum Gasteiger partial charge on any atom is -0.319 e. The van der Waals surface area contributed by atoms with Crippen LogP contribution in [0.2, 0.25) is 5.02 Å². The summed E-state index contributed by atoms with van der Waals surface area (Å²) in [7, 11) is 0. The van der Waals surface area contributed by atoms with E-state index in [9.17, 15) is 0 Å². The number of aromatic nitrogens is 1. The summed E-state index contributed by atoms with van der Waals surface area (Å²) >= 11 is 6.02. The Labute approximate surface area is 116 Å². The van der Waals surface area contributed by atoms with Gasteiger partial charge in [0.05, 0.1) is 11.7 Å². The summed E-state index contributed by atoms with van der Waals surface area (Å²) in [6.07, 6.45) is 1.79. The van der Waals surface area contributed by atoms with Gasteiger partial charge in [0.1, 0.15) is 0 Å². The molecule has 1 aromatic heterocycles. The van der Waals surface area contributed by atoms with Gasteiger partial charge < -0.3 is 5.73 Å². The Balaban J connectivity index is 2.14. The summed E-state index contributed by atoms with van der Waals surface area (Å²) in [5.74, 6) is 0. The molecule has 3 aromatic rings. The zero-order valence-electron chi connectivity index (χ0n) is 10.3. The Morgan fingerprint density at radius 3 is 2.68 bits per heavy atom. The van der Waals surface area contributed by atoms with Crippen LogP contribution in [0, 0.1) is 0 Å². The summed E-state index contributed by atoms with van der Waals surface area (Å²) in [5.41, 5.74) is 8.17. The first-order chi connectivity index (χ1) is 9.25. The molecule has 0 saturated carbocycles. The van der Waals surface area contributed by atoms with Gasteiger partial charge >= 0.3 is 0 Å². The third-order valence-electron chi connectivity index (χ3n) is 3.21. The van der Waals surface area contributed by atoms with E-state index in [0.29, 0.717) is 5.02 Å². The number of benzene rings is 2. The highest BCUT2D eigenvalue weighted by Gasteiger charge is 2.13. The summed E-state index contributed by atoms with van der Waals surface area (Å²) in [5, 5.41) is 2.91. The van der Waals surface area contributed by atoms with E-state index in [4.69, 9.17) is 17.3 Å². The summed E-state index contributed by atoms with van der Waals surface area (Å²) in [6.45, 7) is 0. The molecule has 2 N–H and O–H groups in total. The van der Waals surface area contributed by atoms with Gasteiger partial charge in [-0.3, -0.25) is 4.98 Å². The topological polar surface area (TPSA) is 38.9 Å². The van der Waals surface area contributed by atoms with E-state index in [1.807, 2.05) is 48.5 Å². The van der Waals surface area contributed by atoms with E-state index in [1.54, 1.807) is 6.20 Å². The second kappa shape index (κ2) is 5.00. The summed E-state index contributed by atoms with van der Waals surface area (Å²) in [6, 6.07) is 17.4. The van der Waals surface area contributed by atoms with Gasteiger partial charge in [-0.05, 0) is 29.1 Å². The molecule has 0 radical (unpaired) electrons. The molecular formula is C16H13ClN2. The minimum absolute atomic E-state index is 0.273. The fourth-order valence-electron chi connectivity index (χ4n) is 2.25. The maximum Gasteiger partial charge on any atom is 0.0733 e. The number of halogens is 1. The number of hydrogen-bond acceptors (Lipinski definition) is 2. The first-order valence-electron chi connectivity index (χ1n) is 6.10. The third-order valence-corrected chi connectivity index (χ3v) is 3.44. The molecule has 0 aliphatic carbocycles.